The highest BCUT2D eigenvalue weighted by atomic mass is 32.2. The van der Waals surface area contributed by atoms with Crippen LogP contribution in [-0.2, 0) is 25.8 Å². The number of hydrogen-bond acceptors (Lipinski definition) is 4. The molecule has 2 amide bonds. The molecular weight excluding hydrogens is 316 g/mol. The van der Waals surface area contributed by atoms with E-state index in [0.717, 1.165) is 5.56 Å². The number of nitrogens with zero attached hydrogens (tertiary/aromatic N) is 1. The summed E-state index contributed by atoms with van der Waals surface area (Å²) in [6.07, 6.45) is 1.04. The number of nitrogens with one attached hydrogen (secondary N) is 1. The highest BCUT2D eigenvalue weighted by Crippen LogP contribution is 2.17. The minimum atomic E-state index is -3.09. The lowest BCUT2D eigenvalue weighted by Crippen LogP contribution is -2.48. The number of benzene rings is 1. The third-order valence-electron chi connectivity index (χ3n) is 3.99. The van der Waals surface area contributed by atoms with E-state index in [1.165, 1.54) is 4.90 Å². The molecule has 2 rings (SSSR count). The number of amides is 2. The monoisotopic (exact) mass is 338 g/mol. The predicted octanol–water partition coefficient (Wildman–Crippen LogP) is 0.381. The smallest absolute Gasteiger partial charge is 0.312 e. The van der Waals surface area contributed by atoms with Crippen molar-refractivity contribution in [2.24, 2.45) is 0 Å². The van der Waals surface area contributed by atoms with Crippen LogP contribution in [0.2, 0.25) is 0 Å². The molecule has 1 fully saturated rings. The molecule has 6 nitrogen and oxygen atoms in total. The molecule has 1 aromatic rings. The lowest BCUT2D eigenvalue weighted by molar-refractivity contribution is -0.146. The van der Waals surface area contributed by atoms with Gasteiger partial charge in [0.25, 0.3) is 0 Å². The van der Waals surface area contributed by atoms with Crippen LogP contribution in [-0.4, -0.2) is 55.8 Å². The molecule has 1 heterocycles. The average molecular weight is 338 g/mol. The molecule has 0 radical (unpaired) electrons. The SMILES string of the molecule is CCN(C(=O)C(=O)NCCc1ccccc1)C1CCS(=O)(=O)C1. The van der Waals surface area contributed by atoms with Crippen molar-refractivity contribution in [1.82, 2.24) is 10.2 Å². The molecule has 1 aliphatic heterocycles. The molecule has 1 aromatic carbocycles. The van der Waals surface area contributed by atoms with Gasteiger partial charge in [-0.25, -0.2) is 8.42 Å². The molecule has 23 heavy (non-hydrogen) atoms. The molecule has 126 valence electrons. The summed E-state index contributed by atoms with van der Waals surface area (Å²) in [5.74, 6) is -1.30. The van der Waals surface area contributed by atoms with Gasteiger partial charge in [0, 0.05) is 19.1 Å². The predicted molar refractivity (Wildman–Crippen MR) is 87.6 cm³/mol. The van der Waals surface area contributed by atoms with Crippen LogP contribution in [0.1, 0.15) is 18.9 Å². The van der Waals surface area contributed by atoms with Crippen LogP contribution in [0.15, 0.2) is 30.3 Å². The normalized spacial score (nSPS) is 19.3. The molecule has 1 N–H and O–H groups in total. The first-order valence-electron chi connectivity index (χ1n) is 7.76. The third kappa shape index (κ3) is 4.79. The largest absolute Gasteiger partial charge is 0.347 e. The maximum atomic E-state index is 12.2. The van der Waals surface area contributed by atoms with E-state index < -0.39 is 27.7 Å². The Kier molecular flexibility index (Phi) is 5.76. The van der Waals surface area contributed by atoms with Crippen molar-refractivity contribution in [3.8, 4) is 0 Å². The Balaban J connectivity index is 1.86. The van der Waals surface area contributed by atoms with Crippen LogP contribution >= 0.6 is 0 Å². The number of sulfone groups is 1. The van der Waals surface area contributed by atoms with E-state index >= 15 is 0 Å². The van der Waals surface area contributed by atoms with E-state index in [2.05, 4.69) is 5.32 Å². The molecule has 7 heteroatoms. The Morgan fingerprint density at radius 2 is 1.96 bits per heavy atom. The third-order valence-corrected chi connectivity index (χ3v) is 5.74. The van der Waals surface area contributed by atoms with Crippen molar-refractivity contribution in [2.75, 3.05) is 24.6 Å². The topological polar surface area (TPSA) is 83.6 Å². The van der Waals surface area contributed by atoms with Crippen molar-refractivity contribution >= 4 is 21.7 Å². The summed E-state index contributed by atoms with van der Waals surface area (Å²) in [4.78, 5) is 25.6. The lowest BCUT2D eigenvalue weighted by atomic mass is 10.1. The molecule has 1 saturated heterocycles. The summed E-state index contributed by atoms with van der Waals surface area (Å²) in [5.41, 5.74) is 1.08. The van der Waals surface area contributed by atoms with Gasteiger partial charge in [-0.1, -0.05) is 30.3 Å². The Morgan fingerprint density at radius 1 is 1.26 bits per heavy atom. The van der Waals surface area contributed by atoms with Crippen LogP contribution in [0.4, 0.5) is 0 Å². The zero-order valence-electron chi connectivity index (χ0n) is 13.2. The van der Waals surface area contributed by atoms with E-state index in [1.54, 1.807) is 6.92 Å². The van der Waals surface area contributed by atoms with Gasteiger partial charge in [-0.3, -0.25) is 9.59 Å². The fourth-order valence-electron chi connectivity index (χ4n) is 2.76. The summed E-state index contributed by atoms with van der Waals surface area (Å²) in [6.45, 7) is 2.44. The Labute approximate surface area is 136 Å². The second-order valence-corrected chi connectivity index (χ2v) is 7.87. The molecule has 0 saturated carbocycles. The molecule has 0 spiro atoms. The zero-order valence-corrected chi connectivity index (χ0v) is 14.0. The Bertz CT molecular complexity index is 658. The van der Waals surface area contributed by atoms with Crippen molar-refractivity contribution in [1.29, 1.82) is 0 Å². The van der Waals surface area contributed by atoms with E-state index in [9.17, 15) is 18.0 Å². The van der Waals surface area contributed by atoms with Gasteiger partial charge in [0.1, 0.15) is 0 Å². The molecule has 0 bridgehead atoms. The first kappa shape index (κ1) is 17.5. The van der Waals surface area contributed by atoms with Crippen molar-refractivity contribution < 1.29 is 18.0 Å². The van der Waals surface area contributed by atoms with Crippen LogP contribution in [0.3, 0.4) is 0 Å². The van der Waals surface area contributed by atoms with E-state index in [1.807, 2.05) is 30.3 Å². The quantitative estimate of drug-likeness (QED) is 0.787. The van der Waals surface area contributed by atoms with E-state index in [0.29, 0.717) is 25.9 Å². The van der Waals surface area contributed by atoms with Gasteiger partial charge < -0.3 is 10.2 Å². The summed E-state index contributed by atoms with van der Waals surface area (Å²) in [7, 11) is -3.09. The number of carbonyl (C=O) groups excluding carboxylic acids is 2. The number of likely N-dealkylation sites (N-methyl/N-ethyl adjacent to an activating group) is 1. The summed E-state index contributed by atoms with van der Waals surface area (Å²) in [6, 6.07) is 9.27. The minimum Gasteiger partial charge on any atom is -0.347 e. The summed E-state index contributed by atoms with van der Waals surface area (Å²) >= 11 is 0. The van der Waals surface area contributed by atoms with Gasteiger partial charge in [0.15, 0.2) is 9.84 Å². The zero-order chi connectivity index (χ0) is 16.9. The standard InChI is InChI=1S/C16H22N2O4S/c1-2-18(14-9-11-23(21,22)12-14)16(20)15(19)17-10-8-13-6-4-3-5-7-13/h3-7,14H,2,8-12H2,1H3,(H,17,19). The van der Waals surface area contributed by atoms with Gasteiger partial charge in [0.05, 0.1) is 11.5 Å². The van der Waals surface area contributed by atoms with Gasteiger partial charge >= 0.3 is 11.8 Å². The van der Waals surface area contributed by atoms with E-state index in [4.69, 9.17) is 0 Å². The van der Waals surface area contributed by atoms with Gasteiger partial charge in [-0.05, 0) is 25.3 Å². The number of hydrogen-bond donors (Lipinski definition) is 1. The molecule has 1 aliphatic rings. The van der Waals surface area contributed by atoms with Crippen molar-refractivity contribution in [2.45, 2.75) is 25.8 Å². The second-order valence-electron chi connectivity index (χ2n) is 5.64. The second kappa shape index (κ2) is 7.59. The Hall–Kier alpha value is -1.89. The first-order valence-corrected chi connectivity index (χ1v) is 9.58. The highest BCUT2D eigenvalue weighted by molar-refractivity contribution is 7.91. The molecule has 1 unspecified atom stereocenters. The molecule has 0 aromatic heterocycles. The Morgan fingerprint density at radius 3 is 2.52 bits per heavy atom. The number of rotatable bonds is 5. The number of carbonyl (C=O) groups is 2. The fourth-order valence-corrected chi connectivity index (χ4v) is 4.49. The van der Waals surface area contributed by atoms with Crippen LogP contribution in [0, 0.1) is 0 Å². The molecule has 0 aliphatic carbocycles. The summed E-state index contributed by atoms with van der Waals surface area (Å²) < 4.78 is 23.1. The lowest BCUT2D eigenvalue weighted by Gasteiger charge is -2.26. The van der Waals surface area contributed by atoms with Gasteiger partial charge in [-0.2, -0.15) is 0 Å². The average Bonchev–Trinajstić information content (AvgIpc) is 2.88. The van der Waals surface area contributed by atoms with Crippen LogP contribution in [0.5, 0.6) is 0 Å². The maximum absolute atomic E-state index is 12.2. The molecular formula is C16H22N2O4S. The summed E-state index contributed by atoms with van der Waals surface area (Å²) in [5, 5.41) is 2.61. The van der Waals surface area contributed by atoms with Gasteiger partial charge in [-0.15, -0.1) is 0 Å². The van der Waals surface area contributed by atoms with Crippen molar-refractivity contribution in [3.05, 3.63) is 35.9 Å². The van der Waals surface area contributed by atoms with Gasteiger partial charge in [0.2, 0.25) is 0 Å². The first-order chi connectivity index (χ1) is 10.9. The molecule has 1 atom stereocenters. The van der Waals surface area contributed by atoms with E-state index in [-0.39, 0.29) is 11.5 Å². The minimum absolute atomic E-state index is 0.0517. The van der Waals surface area contributed by atoms with Crippen molar-refractivity contribution in [3.63, 3.8) is 0 Å². The van der Waals surface area contributed by atoms with Crippen LogP contribution in [0.25, 0.3) is 0 Å². The highest BCUT2D eigenvalue weighted by Gasteiger charge is 2.35. The maximum Gasteiger partial charge on any atom is 0.312 e. The fraction of sp³-hybridized carbons (Fsp3) is 0.500. The van der Waals surface area contributed by atoms with Crippen LogP contribution < -0.4 is 5.32 Å².